The maximum absolute atomic E-state index is 12.7. The highest BCUT2D eigenvalue weighted by Crippen LogP contribution is 2.30. The van der Waals surface area contributed by atoms with E-state index in [1.165, 1.54) is 0 Å². The van der Waals surface area contributed by atoms with Crippen molar-refractivity contribution in [3.05, 3.63) is 59.2 Å². The molecule has 32 heavy (non-hydrogen) atoms. The summed E-state index contributed by atoms with van der Waals surface area (Å²) >= 11 is 0. The Balaban J connectivity index is 1.66. The first-order chi connectivity index (χ1) is 15.4. The van der Waals surface area contributed by atoms with Gasteiger partial charge in [0.05, 0.1) is 18.7 Å². The fourth-order valence-electron chi connectivity index (χ4n) is 3.76. The molecule has 0 aromatic heterocycles. The molecule has 2 amide bonds. The number of anilines is 2. The molecule has 1 heterocycles. The Labute approximate surface area is 189 Å². The Bertz CT molecular complexity index is 970. The molecule has 170 valence electrons. The van der Waals surface area contributed by atoms with Gasteiger partial charge in [-0.1, -0.05) is 13.0 Å². The van der Waals surface area contributed by atoms with E-state index in [1.807, 2.05) is 43.9 Å². The molecule has 0 bridgehead atoms. The van der Waals surface area contributed by atoms with E-state index >= 15 is 0 Å². The fraction of sp³-hybridized carbons (Fsp3) is 0.400. The topological polar surface area (TPSA) is 87.7 Å². The smallest absolute Gasteiger partial charge is 0.338 e. The van der Waals surface area contributed by atoms with Crippen molar-refractivity contribution in [2.75, 3.05) is 29.9 Å². The van der Waals surface area contributed by atoms with Gasteiger partial charge in [0.15, 0.2) is 0 Å². The normalized spacial score (nSPS) is 12.8. The molecule has 0 fully saturated rings. The molecule has 0 spiro atoms. The molecule has 2 aromatic rings. The van der Waals surface area contributed by atoms with E-state index < -0.39 is 0 Å². The van der Waals surface area contributed by atoms with Gasteiger partial charge in [0, 0.05) is 29.5 Å². The largest absolute Gasteiger partial charge is 0.462 e. The van der Waals surface area contributed by atoms with Crippen molar-refractivity contribution < 1.29 is 19.1 Å². The summed E-state index contributed by atoms with van der Waals surface area (Å²) in [5.74, 6) is -0.608. The third kappa shape index (κ3) is 5.87. The van der Waals surface area contributed by atoms with Crippen LogP contribution in [0, 0.1) is 0 Å². The van der Waals surface area contributed by atoms with Crippen molar-refractivity contribution in [1.82, 2.24) is 5.32 Å². The third-order valence-electron chi connectivity index (χ3n) is 5.19. The number of ether oxygens (including phenoxy) is 1. The van der Waals surface area contributed by atoms with Crippen molar-refractivity contribution in [2.24, 2.45) is 0 Å². The molecular weight excluding hydrogens is 406 g/mol. The van der Waals surface area contributed by atoms with Crippen molar-refractivity contribution in [3.8, 4) is 0 Å². The molecule has 2 N–H and O–H groups in total. The number of rotatable bonds is 8. The monoisotopic (exact) mass is 437 g/mol. The molecule has 2 aromatic carbocycles. The van der Waals surface area contributed by atoms with Crippen molar-refractivity contribution in [1.29, 1.82) is 0 Å². The summed E-state index contributed by atoms with van der Waals surface area (Å²) in [5, 5.41) is 5.83. The Morgan fingerprint density at radius 1 is 1.09 bits per heavy atom. The first kappa shape index (κ1) is 23.3. The van der Waals surface area contributed by atoms with Crippen LogP contribution in [0.25, 0.3) is 0 Å². The van der Waals surface area contributed by atoms with Gasteiger partial charge in [0.25, 0.3) is 5.91 Å². The highest BCUT2D eigenvalue weighted by molar-refractivity contribution is 5.99. The molecular formula is C25H31N3O4. The lowest BCUT2D eigenvalue weighted by Gasteiger charge is -2.32. The molecule has 1 aliphatic rings. The number of hydrogen-bond donors (Lipinski definition) is 2. The fourth-order valence-corrected chi connectivity index (χ4v) is 3.76. The standard InChI is InChI=1S/C25H31N3O4/c1-4-15-32-25(31)18-10-12-19(13-11-18)27-23(29)16-28-14-6-8-20-21(7-5-9-22(20)28)24(30)26-17(2)3/h5,7,9-13,17H,4,6,8,14-16H2,1-3H3,(H,26,30)(H,27,29). The minimum Gasteiger partial charge on any atom is -0.462 e. The SMILES string of the molecule is CCCOC(=O)c1ccc(NC(=O)CN2CCCc3c(C(=O)NC(C)C)cccc32)cc1. The number of amides is 2. The van der Waals surface area contributed by atoms with Gasteiger partial charge in [-0.3, -0.25) is 9.59 Å². The summed E-state index contributed by atoms with van der Waals surface area (Å²) < 4.78 is 5.12. The number of esters is 1. The number of fused-ring (bicyclic) bond motifs is 1. The second-order valence-corrected chi connectivity index (χ2v) is 8.22. The lowest BCUT2D eigenvalue weighted by atomic mass is 9.95. The summed E-state index contributed by atoms with van der Waals surface area (Å²) in [7, 11) is 0. The average molecular weight is 438 g/mol. The van der Waals surface area contributed by atoms with E-state index in [2.05, 4.69) is 10.6 Å². The van der Waals surface area contributed by atoms with Crippen LogP contribution in [0.5, 0.6) is 0 Å². The maximum Gasteiger partial charge on any atom is 0.338 e. The highest BCUT2D eigenvalue weighted by Gasteiger charge is 2.24. The Morgan fingerprint density at radius 3 is 2.53 bits per heavy atom. The number of carbonyl (C=O) groups excluding carboxylic acids is 3. The second kappa shape index (κ2) is 10.8. The van der Waals surface area contributed by atoms with Crippen LogP contribution in [0.15, 0.2) is 42.5 Å². The van der Waals surface area contributed by atoms with Crippen molar-refractivity contribution in [3.63, 3.8) is 0 Å². The van der Waals surface area contributed by atoms with Crippen molar-refractivity contribution >= 4 is 29.2 Å². The van der Waals surface area contributed by atoms with Crippen LogP contribution < -0.4 is 15.5 Å². The van der Waals surface area contributed by atoms with Gasteiger partial charge in [0.1, 0.15) is 0 Å². The molecule has 7 nitrogen and oxygen atoms in total. The minimum absolute atomic E-state index is 0.0590. The molecule has 0 aliphatic carbocycles. The summed E-state index contributed by atoms with van der Waals surface area (Å²) in [4.78, 5) is 39.2. The first-order valence-electron chi connectivity index (χ1n) is 11.1. The molecule has 0 saturated carbocycles. The zero-order valence-corrected chi connectivity index (χ0v) is 18.9. The van der Waals surface area contributed by atoms with Gasteiger partial charge in [-0.25, -0.2) is 4.79 Å². The van der Waals surface area contributed by atoms with E-state index in [0.29, 0.717) is 23.4 Å². The lowest BCUT2D eigenvalue weighted by molar-refractivity contribution is -0.115. The summed E-state index contributed by atoms with van der Waals surface area (Å²) in [6.07, 6.45) is 2.45. The molecule has 1 aliphatic heterocycles. The number of nitrogens with one attached hydrogen (secondary N) is 2. The lowest BCUT2D eigenvalue weighted by Crippen LogP contribution is -2.38. The summed E-state index contributed by atoms with van der Waals surface area (Å²) in [6, 6.07) is 12.4. The zero-order chi connectivity index (χ0) is 23.1. The van der Waals surface area contributed by atoms with Gasteiger partial charge in [-0.05, 0) is 75.1 Å². The molecule has 0 radical (unpaired) electrons. The predicted molar refractivity (Wildman–Crippen MR) is 125 cm³/mol. The van der Waals surface area contributed by atoms with Gasteiger partial charge >= 0.3 is 5.97 Å². The highest BCUT2D eigenvalue weighted by atomic mass is 16.5. The number of carbonyl (C=O) groups is 3. The van der Waals surface area contributed by atoms with E-state index in [-0.39, 0.29) is 30.4 Å². The van der Waals surface area contributed by atoms with E-state index in [1.54, 1.807) is 24.3 Å². The van der Waals surface area contributed by atoms with Crippen LogP contribution >= 0.6 is 0 Å². The Hall–Kier alpha value is -3.35. The van der Waals surface area contributed by atoms with Crippen molar-refractivity contribution in [2.45, 2.75) is 46.1 Å². The predicted octanol–water partition coefficient (Wildman–Crippen LogP) is 3.78. The Kier molecular flexibility index (Phi) is 7.87. The maximum atomic E-state index is 12.7. The molecule has 7 heteroatoms. The molecule has 0 unspecified atom stereocenters. The summed E-state index contributed by atoms with van der Waals surface area (Å²) in [6.45, 7) is 7.12. The zero-order valence-electron chi connectivity index (χ0n) is 18.9. The van der Waals surface area contributed by atoms with Crippen LogP contribution in [0.3, 0.4) is 0 Å². The minimum atomic E-state index is -0.369. The van der Waals surface area contributed by atoms with E-state index in [9.17, 15) is 14.4 Å². The van der Waals surface area contributed by atoms with E-state index in [0.717, 1.165) is 37.1 Å². The number of hydrogen-bond acceptors (Lipinski definition) is 5. The third-order valence-corrected chi connectivity index (χ3v) is 5.19. The summed E-state index contributed by atoms with van der Waals surface area (Å²) in [5.41, 5.74) is 3.65. The molecule has 0 atom stereocenters. The van der Waals surface area contributed by atoms with Gasteiger partial charge in [0.2, 0.25) is 5.91 Å². The van der Waals surface area contributed by atoms with E-state index in [4.69, 9.17) is 4.74 Å². The van der Waals surface area contributed by atoms with Crippen LogP contribution in [0.4, 0.5) is 11.4 Å². The molecule has 3 rings (SSSR count). The number of benzene rings is 2. The quantitative estimate of drug-likeness (QED) is 0.614. The van der Waals surface area contributed by atoms with Crippen LogP contribution in [-0.2, 0) is 16.0 Å². The van der Waals surface area contributed by atoms with Gasteiger partial charge in [-0.2, -0.15) is 0 Å². The van der Waals surface area contributed by atoms with Crippen LogP contribution in [0.1, 0.15) is 59.9 Å². The first-order valence-corrected chi connectivity index (χ1v) is 11.1. The average Bonchev–Trinajstić information content (AvgIpc) is 2.77. The second-order valence-electron chi connectivity index (χ2n) is 8.22. The van der Waals surface area contributed by atoms with Gasteiger partial charge < -0.3 is 20.3 Å². The Morgan fingerprint density at radius 2 is 1.84 bits per heavy atom. The number of nitrogens with zero attached hydrogens (tertiary/aromatic N) is 1. The van der Waals surface area contributed by atoms with Crippen LogP contribution in [0.2, 0.25) is 0 Å². The van der Waals surface area contributed by atoms with Crippen LogP contribution in [-0.4, -0.2) is 43.5 Å². The molecule has 0 saturated heterocycles. The van der Waals surface area contributed by atoms with Gasteiger partial charge in [-0.15, -0.1) is 0 Å².